The van der Waals surface area contributed by atoms with E-state index < -0.39 is 5.97 Å². The minimum atomic E-state index is -0.498. The Labute approximate surface area is 100 Å². The van der Waals surface area contributed by atoms with Gasteiger partial charge in [-0.05, 0) is 12.1 Å². The zero-order valence-corrected chi connectivity index (χ0v) is 9.97. The summed E-state index contributed by atoms with van der Waals surface area (Å²) in [5, 5.41) is 8.52. The van der Waals surface area contributed by atoms with Crippen LogP contribution in [0.2, 0.25) is 0 Å². The largest absolute Gasteiger partial charge is 0.460 e. The highest BCUT2D eigenvalue weighted by atomic mass is 16.5. The second-order valence-corrected chi connectivity index (χ2v) is 3.96. The molecule has 0 aliphatic rings. The molecule has 0 saturated carbocycles. The summed E-state index contributed by atoms with van der Waals surface area (Å²) >= 11 is 0. The number of carbonyl (C=O) groups is 2. The van der Waals surface area contributed by atoms with Crippen LogP contribution >= 0.6 is 0 Å². The molecular weight excluding hydrogens is 220 g/mol. The minimum absolute atomic E-state index is 0.0223. The van der Waals surface area contributed by atoms with Gasteiger partial charge < -0.3 is 9.84 Å². The third-order valence-electron chi connectivity index (χ3n) is 2.25. The molecule has 1 rings (SSSR count). The normalized spacial score (nSPS) is 10.4. The van der Waals surface area contributed by atoms with Gasteiger partial charge in [0.2, 0.25) is 0 Å². The predicted molar refractivity (Wildman–Crippen MR) is 63.0 cm³/mol. The molecule has 1 aromatic carbocycles. The van der Waals surface area contributed by atoms with E-state index in [1.807, 2.05) is 13.8 Å². The van der Waals surface area contributed by atoms with E-state index in [4.69, 9.17) is 9.84 Å². The molecule has 0 heterocycles. The summed E-state index contributed by atoms with van der Waals surface area (Å²) < 4.78 is 4.75. The van der Waals surface area contributed by atoms with E-state index in [9.17, 15) is 9.59 Å². The fraction of sp³-hybridized carbons (Fsp3) is 0.385. The third kappa shape index (κ3) is 3.67. The molecule has 0 aromatic heterocycles. The standard InChI is InChI=1S/C13H16O4/c1-9(2)12(15)10-3-5-11(6-4-10)13(16)17-8-7-14/h3-6,9,14H,7-8H2,1-2H3. The van der Waals surface area contributed by atoms with E-state index in [1.54, 1.807) is 24.3 Å². The van der Waals surface area contributed by atoms with Gasteiger partial charge in [0, 0.05) is 11.5 Å². The van der Waals surface area contributed by atoms with Crippen molar-refractivity contribution in [1.82, 2.24) is 0 Å². The van der Waals surface area contributed by atoms with Crippen molar-refractivity contribution in [3.8, 4) is 0 Å². The average Bonchev–Trinajstić information content (AvgIpc) is 2.35. The summed E-state index contributed by atoms with van der Waals surface area (Å²) in [5.74, 6) is -0.523. The Morgan fingerprint density at radius 2 is 1.71 bits per heavy atom. The van der Waals surface area contributed by atoms with Gasteiger partial charge in [-0.3, -0.25) is 4.79 Å². The van der Waals surface area contributed by atoms with Gasteiger partial charge in [0.15, 0.2) is 5.78 Å². The van der Waals surface area contributed by atoms with Crippen LogP contribution in [0.3, 0.4) is 0 Å². The number of aliphatic hydroxyl groups is 1. The maximum Gasteiger partial charge on any atom is 0.338 e. The van der Waals surface area contributed by atoms with Crippen LogP contribution in [-0.2, 0) is 4.74 Å². The molecule has 4 nitrogen and oxygen atoms in total. The van der Waals surface area contributed by atoms with E-state index in [0.717, 1.165) is 0 Å². The number of hydrogen-bond donors (Lipinski definition) is 1. The van der Waals surface area contributed by atoms with Crippen LogP contribution in [0.15, 0.2) is 24.3 Å². The molecule has 0 saturated heterocycles. The van der Waals surface area contributed by atoms with Crippen LogP contribution in [0, 0.1) is 5.92 Å². The maximum atomic E-state index is 11.6. The number of benzene rings is 1. The monoisotopic (exact) mass is 236 g/mol. The van der Waals surface area contributed by atoms with Crippen molar-refractivity contribution in [3.05, 3.63) is 35.4 Å². The van der Waals surface area contributed by atoms with E-state index in [-0.39, 0.29) is 24.9 Å². The molecule has 0 aliphatic heterocycles. The Morgan fingerprint density at radius 3 is 2.18 bits per heavy atom. The van der Waals surface area contributed by atoms with Crippen molar-refractivity contribution in [3.63, 3.8) is 0 Å². The van der Waals surface area contributed by atoms with Crippen molar-refractivity contribution in [2.24, 2.45) is 5.92 Å². The van der Waals surface area contributed by atoms with Crippen LogP contribution in [0.5, 0.6) is 0 Å². The molecule has 0 amide bonds. The van der Waals surface area contributed by atoms with E-state index >= 15 is 0 Å². The van der Waals surface area contributed by atoms with E-state index in [2.05, 4.69) is 0 Å². The molecule has 1 aromatic rings. The molecule has 0 bridgehead atoms. The van der Waals surface area contributed by atoms with Gasteiger partial charge in [-0.1, -0.05) is 26.0 Å². The molecule has 0 radical (unpaired) electrons. The van der Waals surface area contributed by atoms with Gasteiger partial charge in [-0.25, -0.2) is 4.79 Å². The summed E-state index contributed by atoms with van der Waals surface area (Å²) in [5.41, 5.74) is 0.956. The van der Waals surface area contributed by atoms with Crippen LogP contribution in [0.25, 0.3) is 0 Å². The highest BCUT2D eigenvalue weighted by molar-refractivity contribution is 5.98. The Kier molecular flexibility index (Phi) is 4.84. The Morgan fingerprint density at radius 1 is 1.18 bits per heavy atom. The van der Waals surface area contributed by atoms with Gasteiger partial charge in [0.1, 0.15) is 6.61 Å². The number of aliphatic hydroxyl groups excluding tert-OH is 1. The van der Waals surface area contributed by atoms with Crippen LogP contribution in [-0.4, -0.2) is 30.1 Å². The van der Waals surface area contributed by atoms with Gasteiger partial charge in [0.05, 0.1) is 12.2 Å². The van der Waals surface area contributed by atoms with E-state index in [1.165, 1.54) is 0 Å². The highest BCUT2D eigenvalue weighted by Crippen LogP contribution is 2.10. The first-order chi connectivity index (χ1) is 8.06. The SMILES string of the molecule is CC(C)C(=O)c1ccc(C(=O)OCCO)cc1. The Bertz CT molecular complexity index is 392. The molecular formula is C13H16O4. The van der Waals surface area contributed by atoms with Crippen LogP contribution in [0.4, 0.5) is 0 Å². The lowest BCUT2D eigenvalue weighted by Gasteiger charge is -2.05. The van der Waals surface area contributed by atoms with Crippen molar-refractivity contribution >= 4 is 11.8 Å². The molecule has 4 heteroatoms. The third-order valence-corrected chi connectivity index (χ3v) is 2.25. The quantitative estimate of drug-likeness (QED) is 0.624. The first-order valence-electron chi connectivity index (χ1n) is 5.48. The summed E-state index contributed by atoms with van der Waals surface area (Å²) in [6.07, 6.45) is 0. The summed E-state index contributed by atoms with van der Waals surface area (Å²) in [6.45, 7) is 3.43. The Hall–Kier alpha value is -1.68. The lowest BCUT2D eigenvalue weighted by molar-refractivity contribution is 0.0433. The minimum Gasteiger partial charge on any atom is -0.460 e. The second kappa shape index (κ2) is 6.15. The van der Waals surface area contributed by atoms with Gasteiger partial charge in [0.25, 0.3) is 0 Å². The first kappa shape index (κ1) is 13.4. The van der Waals surface area contributed by atoms with E-state index in [0.29, 0.717) is 11.1 Å². The molecule has 0 fully saturated rings. The predicted octanol–water partition coefficient (Wildman–Crippen LogP) is 1.67. The van der Waals surface area contributed by atoms with Crippen LogP contribution in [0.1, 0.15) is 34.6 Å². The van der Waals surface area contributed by atoms with Crippen molar-refractivity contribution in [1.29, 1.82) is 0 Å². The molecule has 0 aliphatic carbocycles. The summed E-state index contributed by atoms with van der Waals surface area (Å²) in [6, 6.07) is 6.32. The number of rotatable bonds is 5. The van der Waals surface area contributed by atoms with Crippen molar-refractivity contribution in [2.75, 3.05) is 13.2 Å². The zero-order valence-electron chi connectivity index (χ0n) is 9.97. The average molecular weight is 236 g/mol. The highest BCUT2D eigenvalue weighted by Gasteiger charge is 2.12. The first-order valence-corrected chi connectivity index (χ1v) is 5.48. The number of hydrogen-bond acceptors (Lipinski definition) is 4. The lowest BCUT2D eigenvalue weighted by atomic mass is 10.0. The molecule has 0 unspecified atom stereocenters. The molecule has 0 atom stereocenters. The summed E-state index contributed by atoms with van der Waals surface area (Å²) in [7, 11) is 0. The molecule has 17 heavy (non-hydrogen) atoms. The van der Waals surface area contributed by atoms with Crippen molar-refractivity contribution in [2.45, 2.75) is 13.8 Å². The van der Waals surface area contributed by atoms with Gasteiger partial charge in [-0.15, -0.1) is 0 Å². The lowest BCUT2D eigenvalue weighted by Crippen LogP contribution is -2.10. The van der Waals surface area contributed by atoms with Crippen molar-refractivity contribution < 1.29 is 19.4 Å². The molecule has 1 N–H and O–H groups in total. The zero-order chi connectivity index (χ0) is 12.8. The number of carbonyl (C=O) groups excluding carboxylic acids is 2. The number of esters is 1. The number of Topliss-reactive ketones (excluding diaryl/α,β-unsaturated/α-hetero) is 1. The number of ketones is 1. The number of ether oxygens (including phenoxy) is 1. The van der Waals surface area contributed by atoms with Crippen LogP contribution < -0.4 is 0 Å². The fourth-order valence-electron chi connectivity index (χ4n) is 1.33. The molecule has 92 valence electrons. The topological polar surface area (TPSA) is 63.6 Å². The van der Waals surface area contributed by atoms with Gasteiger partial charge in [-0.2, -0.15) is 0 Å². The Balaban J connectivity index is 2.74. The van der Waals surface area contributed by atoms with Gasteiger partial charge >= 0.3 is 5.97 Å². The second-order valence-electron chi connectivity index (χ2n) is 3.96. The molecule has 0 spiro atoms. The summed E-state index contributed by atoms with van der Waals surface area (Å²) in [4.78, 5) is 23.0. The smallest absolute Gasteiger partial charge is 0.338 e. The maximum absolute atomic E-state index is 11.6. The fourth-order valence-corrected chi connectivity index (χ4v) is 1.33.